The molecule has 1 aliphatic carbocycles. The fourth-order valence-electron chi connectivity index (χ4n) is 4.09. The number of hydrogen-bond acceptors (Lipinski definition) is 3. The van der Waals surface area contributed by atoms with E-state index in [1.54, 1.807) is 4.68 Å². The highest BCUT2D eigenvalue weighted by molar-refractivity contribution is 5.92. The first kappa shape index (κ1) is 17.0. The minimum atomic E-state index is -0.758. The highest BCUT2D eigenvalue weighted by atomic mass is 16.4. The zero-order valence-corrected chi connectivity index (χ0v) is 14.4. The summed E-state index contributed by atoms with van der Waals surface area (Å²) in [7, 11) is 1.84. The summed E-state index contributed by atoms with van der Waals surface area (Å²) < 4.78 is 1.72. The number of carbonyl (C=O) groups excluding carboxylic acids is 1. The Labute approximate surface area is 142 Å². The summed E-state index contributed by atoms with van der Waals surface area (Å²) in [6.07, 6.45) is 7.64. The van der Waals surface area contributed by atoms with Gasteiger partial charge >= 0.3 is 5.97 Å². The second-order valence-corrected chi connectivity index (χ2v) is 7.25. The molecule has 1 saturated carbocycles. The molecule has 6 heteroatoms. The lowest BCUT2D eigenvalue weighted by atomic mass is 9.93. The maximum absolute atomic E-state index is 12.9. The van der Waals surface area contributed by atoms with Gasteiger partial charge in [-0.25, -0.2) is 0 Å². The molecular weight excluding hydrogens is 306 g/mol. The summed E-state index contributed by atoms with van der Waals surface area (Å²) in [5.41, 5.74) is 1.72. The van der Waals surface area contributed by atoms with E-state index in [0.29, 0.717) is 30.5 Å². The van der Waals surface area contributed by atoms with Crippen molar-refractivity contribution in [1.29, 1.82) is 0 Å². The molecule has 6 nitrogen and oxygen atoms in total. The van der Waals surface area contributed by atoms with E-state index in [1.807, 2.05) is 18.0 Å². The van der Waals surface area contributed by atoms with Crippen LogP contribution in [0.15, 0.2) is 6.07 Å². The lowest BCUT2D eigenvalue weighted by Crippen LogP contribution is -2.40. The molecule has 0 bridgehead atoms. The second-order valence-electron chi connectivity index (χ2n) is 7.25. The van der Waals surface area contributed by atoms with Crippen LogP contribution in [-0.4, -0.2) is 44.8 Å². The van der Waals surface area contributed by atoms with Gasteiger partial charge in [-0.2, -0.15) is 5.10 Å². The number of nitrogens with zero attached hydrogens (tertiary/aromatic N) is 3. The highest BCUT2D eigenvalue weighted by Gasteiger charge is 2.28. The van der Waals surface area contributed by atoms with Gasteiger partial charge < -0.3 is 10.0 Å². The molecule has 1 amide bonds. The molecule has 132 valence electrons. The normalized spacial score (nSPS) is 22.0. The maximum Gasteiger partial charge on any atom is 0.303 e. The van der Waals surface area contributed by atoms with Crippen LogP contribution >= 0.6 is 0 Å². The van der Waals surface area contributed by atoms with Gasteiger partial charge in [0.1, 0.15) is 5.69 Å². The van der Waals surface area contributed by atoms with Gasteiger partial charge in [0.2, 0.25) is 0 Å². The molecule has 0 spiro atoms. The van der Waals surface area contributed by atoms with Crippen LogP contribution in [0.5, 0.6) is 0 Å². The zero-order chi connectivity index (χ0) is 17.1. The molecule has 0 aromatic carbocycles. The van der Waals surface area contributed by atoms with E-state index in [4.69, 9.17) is 5.11 Å². The molecule has 3 rings (SSSR count). The molecule has 1 aromatic heterocycles. The Hall–Kier alpha value is -1.85. The van der Waals surface area contributed by atoms with Crippen LogP contribution < -0.4 is 0 Å². The van der Waals surface area contributed by atoms with Crippen LogP contribution in [0.3, 0.4) is 0 Å². The molecule has 2 fully saturated rings. The number of amides is 1. The van der Waals surface area contributed by atoms with Crippen molar-refractivity contribution in [3.63, 3.8) is 0 Å². The van der Waals surface area contributed by atoms with Crippen molar-refractivity contribution in [2.75, 3.05) is 13.1 Å². The fraction of sp³-hybridized carbons (Fsp3) is 0.722. The number of aryl methyl sites for hydroxylation is 1. The molecule has 1 N–H and O–H groups in total. The molecule has 1 atom stereocenters. The number of carboxylic acid groups (broad SMARTS) is 1. The number of piperidine rings is 1. The van der Waals surface area contributed by atoms with Gasteiger partial charge in [0.25, 0.3) is 5.91 Å². The molecule has 1 aromatic rings. The number of aromatic nitrogens is 2. The van der Waals surface area contributed by atoms with Crippen LogP contribution in [0.1, 0.15) is 73.5 Å². The summed E-state index contributed by atoms with van der Waals surface area (Å²) in [6.45, 7) is 1.42. The number of rotatable bonds is 5. The van der Waals surface area contributed by atoms with Crippen LogP contribution in [-0.2, 0) is 11.8 Å². The first-order valence-electron chi connectivity index (χ1n) is 9.09. The Bertz CT molecular complexity index is 605. The number of hydrogen-bond donors (Lipinski definition) is 1. The number of carbonyl (C=O) groups is 2. The van der Waals surface area contributed by atoms with Gasteiger partial charge in [-0.15, -0.1) is 0 Å². The van der Waals surface area contributed by atoms with E-state index in [1.165, 1.54) is 25.7 Å². The van der Waals surface area contributed by atoms with E-state index in [2.05, 4.69) is 5.10 Å². The van der Waals surface area contributed by atoms with Gasteiger partial charge in [0.05, 0.1) is 5.69 Å². The molecular formula is C18H27N3O3. The quantitative estimate of drug-likeness (QED) is 0.899. The van der Waals surface area contributed by atoms with Crippen LogP contribution in [0.4, 0.5) is 0 Å². The Morgan fingerprint density at radius 3 is 2.71 bits per heavy atom. The summed E-state index contributed by atoms with van der Waals surface area (Å²) in [4.78, 5) is 25.5. The maximum atomic E-state index is 12.9. The van der Waals surface area contributed by atoms with Crippen molar-refractivity contribution in [3.8, 4) is 0 Å². The van der Waals surface area contributed by atoms with Crippen LogP contribution in [0.25, 0.3) is 0 Å². The van der Waals surface area contributed by atoms with Crippen molar-refractivity contribution in [1.82, 2.24) is 14.7 Å². The molecule has 1 unspecified atom stereocenters. The van der Waals surface area contributed by atoms with Crippen molar-refractivity contribution in [3.05, 3.63) is 17.5 Å². The predicted octanol–water partition coefficient (Wildman–Crippen LogP) is 2.79. The third-order valence-electron chi connectivity index (χ3n) is 5.46. The topological polar surface area (TPSA) is 75.4 Å². The van der Waals surface area contributed by atoms with Crippen LogP contribution in [0.2, 0.25) is 0 Å². The zero-order valence-electron chi connectivity index (χ0n) is 14.4. The molecule has 2 heterocycles. The van der Waals surface area contributed by atoms with Crippen molar-refractivity contribution < 1.29 is 14.7 Å². The van der Waals surface area contributed by atoms with Gasteiger partial charge in [-0.3, -0.25) is 14.3 Å². The highest BCUT2D eigenvalue weighted by Crippen LogP contribution is 2.33. The van der Waals surface area contributed by atoms with Crippen LogP contribution in [0, 0.1) is 5.92 Å². The van der Waals surface area contributed by atoms with E-state index in [0.717, 1.165) is 25.1 Å². The average molecular weight is 333 g/mol. The molecule has 1 aliphatic heterocycles. The lowest BCUT2D eigenvalue weighted by molar-refractivity contribution is -0.137. The Kier molecular flexibility index (Phi) is 5.21. The first-order chi connectivity index (χ1) is 11.5. The third-order valence-corrected chi connectivity index (χ3v) is 5.46. The Morgan fingerprint density at radius 1 is 1.25 bits per heavy atom. The minimum absolute atomic E-state index is 0.0364. The standard InChI is InChI=1S/C18H27N3O3/c1-20-16(11-15(19-20)14-6-2-3-7-14)18(24)21-10-4-5-13(12-21)8-9-17(22)23/h11,13-14H,2-10,12H2,1H3,(H,22,23). The van der Waals surface area contributed by atoms with Crippen molar-refractivity contribution >= 4 is 11.9 Å². The smallest absolute Gasteiger partial charge is 0.303 e. The average Bonchev–Trinajstić information content (AvgIpc) is 3.22. The van der Waals surface area contributed by atoms with Crippen molar-refractivity contribution in [2.45, 2.75) is 57.3 Å². The van der Waals surface area contributed by atoms with E-state index in [-0.39, 0.29) is 12.3 Å². The number of carboxylic acids is 1. The Morgan fingerprint density at radius 2 is 2.00 bits per heavy atom. The Balaban J connectivity index is 1.66. The molecule has 1 saturated heterocycles. The van der Waals surface area contributed by atoms with E-state index < -0.39 is 5.97 Å². The largest absolute Gasteiger partial charge is 0.481 e. The third kappa shape index (κ3) is 3.79. The van der Waals surface area contributed by atoms with Gasteiger partial charge in [-0.1, -0.05) is 12.8 Å². The van der Waals surface area contributed by atoms with Gasteiger partial charge in [0, 0.05) is 32.5 Å². The summed E-state index contributed by atoms with van der Waals surface area (Å²) in [5.74, 6) is 0.0734. The SMILES string of the molecule is Cn1nc(C2CCCC2)cc1C(=O)N1CCCC(CCC(=O)O)C1. The number of likely N-dealkylation sites (tertiary alicyclic amines) is 1. The predicted molar refractivity (Wildman–Crippen MR) is 89.9 cm³/mol. The first-order valence-corrected chi connectivity index (χ1v) is 9.09. The van der Waals surface area contributed by atoms with E-state index >= 15 is 0 Å². The van der Waals surface area contributed by atoms with Gasteiger partial charge in [-0.05, 0) is 44.1 Å². The fourth-order valence-corrected chi connectivity index (χ4v) is 4.09. The summed E-state index contributed by atoms with van der Waals surface area (Å²) >= 11 is 0. The monoisotopic (exact) mass is 333 g/mol. The molecule has 2 aliphatic rings. The van der Waals surface area contributed by atoms with Crippen molar-refractivity contribution in [2.24, 2.45) is 13.0 Å². The van der Waals surface area contributed by atoms with E-state index in [9.17, 15) is 9.59 Å². The summed E-state index contributed by atoms with van der Waals surface area (Å²) in [5, 5.41) is 13.4. The minimum Gasteiger partial charge on any atom is -0.481 e. The molecule has 24 heavy (non-hydrogen) atoms. The second kappa shape index (κ2) is 7.36. The lowest BCUT2D eigenvalue weighted by Gasteiger charge is -2.32. The van der Waals surface area contributed by atoms with Gasteiger partial charge in [0.15, 0.2) is 0 Å². The number of aliphatic carboxylic acids is 1. The summed E-state index contributed by atoms with van der Waals surface area (Å²) in [6, 6.07) is 1.97. The molecule has 0 radical (unpaired) electrons.